The molecule has 1 aliphatic heterocycles. The minimum absolute atomic E-state index is 0.122. The smallest absolute Gasteiger partial charge is 0.413 e. The maximum Gasteiger partial charge on any atom is 0.413 e. The lowest BCUT2D eigenvalue weighted by Crippen LogP contribution is -2.38. The second kappa shape index (κ2) is 7.79. The molecule has 0 bridgehead atoms. The van der Waals surface area contributed by atoms with Crippen molar-refractivity contribution in [1.29, 1.82) is 0 Å². The Labute approximate surface area is 132 Å². The number of hydrogen-bond acceptors (Lipinski definition) is 5. The van der Waals surface area contributed by atoms with Crippen LogP contribution in [-0.4, -0.2) is 35.0 Å². The molecule has 0 N–H and O–H groups in total. The Morgan fingerprint density at radius 2 is 2.05 bits per heavy atom. The van der Waals surface area contributed by atoms with Gasteiger partial charge in [-0.1, -0.05) is 30.3 Å². The molecule has 6 nitrogen and oxygen atoms in total. The lowest BCUT2D eigenvalue weighted by molar-refractivity contribution is -0.139. The van der Waals surface area contributed by atoms with E-state index >= 15 is 0 Å². The molecule has 0 saturated carbocycles. The summed E-state index contributed by atoms with van der Waals surface area (Å²) in [6.07, 6.45) is 0.262. The lowest BCUT2D eigenvalue weighted by atomic mass is 10.1. The molecule has 0 radical (unpaired) electrons. The number of ether oxygens (including phenoxy) is 2. The van der Waals surface area contributed by atoms with Gasteiger partial charge in [-0.3, -0.25) is 9.69 Å². The van der Waals surface area contributed by atoms with Crippen molar-refractivity contribution in [3.8, 4) is 0 Å². The van der Waals surface area contributed by atoms with Crippen molar-refractivity contribution in [2.75, 3.05) is 6.73 Å². The van der Waals surface area contributed by atoms with E-state index in [1.165, 1.54) is 4.90 Å². The SMILES string of the molecule is O=C(Cl)CCC[C@@H]1C(=O)OCN1C(=O)OCc1ccccc1. The van der Waals surface area contributed by atoms with Crippen LogP contribution in [0.3, 0.4) is 0 Å². The zero-order chi connectivity index (χ0) is 15.9. The van der Waals surface area contributed by atoms with E-state index in [0.29, 0.717) is 12.8 Å². The van der Waals surface area contributed by atoms with E-state index in [-0.39, 0.29) is 19.8 Å². The Kier molecular flexibility index (Phi) is 5.77. The van der Waals surface area contributed by atoms with Crippen LogP contribution in [0, 0.1) is 0 Å². The second-order valence-electron chi connectivity index (χ2n) is 4.87. The maximum atomic E-state index is 12.1. The highest BCUT2D eigenvalue weighted by molar-refractivity contribution is 6.63. The second-order valence-corrected chi connectivity index (χ2v) is 5.29. The van der Waals surface area contributed by atoms with Gasteiger partial charge in [0, 0.05) is 6.42 Å². The number of benzene rings is 1. The first kappa shape index (κ1) is 16.3. The molecule has 1 amide bonds. The quantitative estimate of drug-likeness (QED) is 0.593. The van der Waals surface area contributed by atoms with Crippen LogP contribution >= 0.6 is 11.6 Å². The van der Waals surface area contributed by atoms with Gasteiger partial charge in [0.15, 0.2) is 6.73 Å². The number of esters is 1. The zero-order valence-electron chi connectivity index (χ0n) is 11.9. The average Bonchev–Trinajstić information content (AvgIpc) is 2.87. The summed E-state index contributed by atoms with van der Waals surface area (Å²) in [5.74, 6) is -0.487. The largest absolute Gasteiger partial charge is 0.444 e. The fraction of sp³-hybridized carbons (Fsp3) is 0.400. The Hall–Kier alpha value is -2.08. The third-order valence-corrected chi connectivity index (χ3v) is 3.47. The van der Waals surface area contributed by atoms with Gasteiger partial charge in [0.25, 0.3) is 0 Å². The van der Waals surface area contributed by atoms with Crippen LogP contribution in [0.4, 0.5) is 4.79 Å². The van der Waals surface area contributed by atoms with Crippen molar-refractivity contribution in [3.63, 3.8) is 0 Å². The van der Waals surface area contributed by atoms with E-state index in [9.17, 15) is 14.4 Å². The Balaban J connectivity index is 1.87. The van der Waals surface area contributed by atoms with Crippen molar-refractivity contribution >= 4 is 28.9 Å². The Morgan fingerprint density at radius 3 is 2.73 bits per heavy atom. The van der Waals surface area contributed by atoms with E-state index in [1.807, 2.05) is 30.3 Å². The first-order valence-corrected chi connectivity index (χ1v) is 7.28. The highest BCUT2D eigenvalue weighted by atomic mass is 35.5. The molecular formula is C15H16ClNO5. The first-order chi connectivity index (χ1) is 10.6. The van der Waals surface area contributed by atoms with Crippen molar-refractivity contribution < 1.29 is 23.9 Å². The zero-order valence-corrected chi connectivity index (χ0v) is 12.6. The molecule has 2 rings (SSSR count). The minimum atomic E-state index is -0.723. The van der Waals surface area contributed by atoms with Crippen molar-refractivity contribution in [2.24, 2.45) is 0 Å². The van der Waals surface area contributed by atoms with Gasteiger partial charge in [-0.15, -0.1) is 0 Å². The van der Waals surface area contributed by atoms with Crippen LogP contribution in [0.5, 0.6) is 0 Å². The summed E-state index contributed by atoms with van der Waals surface area (Å²) in [6.45, 7) is -0.0107. The number of nitrogens with zero attached hydrogens (tertiary/aromatic N) is 1. The Morgan fingerprint density at radius 1 is 1.32 bits per heavy atom. The minimum Gasteiger partial charge on any atom is -0.444 e. The summed E-state index contributed by atoms with van der Waals surface area (Å²) in [5.41, 5.74) is 0.853. The number of carbonyl (C=O) groups is 3. The standard InChI is InChI=1S/C15H16ClNO5/c16-13(18)8-4-7-12-14(19)22-10-17(12)15(20)21-9-11-5-2-1-3-6-11/h1-3,5-6,12H,4,7-10H2/t12-/m1/s1. The molecule has 1 atom stereocenters. The highest BCUT2D eigenvalue weighted by Crippen LogP contribution is 2.19. The van der Waals surface area contributed by atoms with Crippen molar-refractivity contribution in [3.05, 3.63) is 35.9 Å². The van der Waals surface area contributed by atoms with Gasteiger partial charge in [-0.25, -0.2) is 9.59 Å². The Bertz CT molecular complexity index is 548. The fourth-order valence-electron chi connectivity index (χ4n) is 2.14. The number of rotatable bonds is 6. The van der Waals surface area contributed by atoms with Crippen LogP contribution in [0.2, 0.25) is 0 Å². The van der Waals surface area contributed by atoms with Gasteiger partial charge in [0.2, 0.25) is 5.24 Å². The van der Waals surface area contributed by atoms with Crippen LogP contribution < -0.4 is 0 Å². The third-order valence-electron chi connectivity index (χ3n) is 3.28. The topological polar surface area (TPSA) is 72.9 Å². The average molecular weight is 326 g/mol. The molecular weight excluding hydrogens is 310 g/mol. The summed E-state index contributed by atoms with van der Waals surface area (Å²) in [5, 5.41) is -0.468. The molecule has 7 heteroatoms. The highest BCUT2D eigenvalue weighted by Gasteiger charge is 2.38. The third kappa shape index (κ3) is 4.46. The molecule has 0 aromatic heterocycles. The van der Waals surface area contributed by atoms with Gasteiger partial charge >= 0.3 is 12.1 Å². The van der Waals surface area contributed by atoms with Crippen LogP contribution in [0.1, 0.15) is 24.8 Å². The molecule has 1 heterocycles. The number of carbonyl (C=O) groups excluding carboxylic acids is 3. The maximum absolute atomic E-state index is 12.1. The predicted octanol–water partition coefficient (Wildman–Crippen LogP) is 2.44. The van der Waals surface area contributed by atoms with Gasteiger partial charge < -0.3 is 9.47 Å². The molecule has 0 spiro atoms. The lowest BCUT2D eigenvalue weighted by Gasteiger charge is -2.19. The van der Waals surface area contributed by atoms with Gasteiger partial charge in [0.1, 0.15) is 12.6 Å². The van der Waals surface area contributed by atoms with E-state index in [2.05, 4.69) is 0 Å². The number of amides is 1. The predicted molar refractivity (Wildman–Crippen MR) is 77.9 cm³/mol. The summed E-state index contributed by atoms with van der Waals surface area (Å²) in [6, 6.07) is 8.51. The van der Waals surface area contributed by atoms with Crippen molar-refractivity contribution in [2.45, 2.75) is 31.9 Å². The molecule has 1 saturated heterocycles. The summed E-state index contributed by atoms with van der Waals surface area (Å²) >= 11 is 5.26. The fourth-order valence-corrected chi connectivity index (χ4v) is 2.27. The molecule has 22 heavy (non-hydrogen) atoms. The monoisotopic (exact) mass is 325 g/mol. The van der Waals surface area contributed by atoms with E-state index in [0.717, 1.165) is 5.56 Å². The number of halogens is 1. The first-order valence-electron chi connectivity index (χ1n) is 6.90. The van der Waals surface area contributed by atoms with E-state index in [4.69, 9.17) is 21.1 Å². The number of cyclic esters (lactones) is 1. The molecule has 1 aromatic carbocycles. The van der Waals surface area contributed by atoms with E-state index < -0.39 is 23.3 Å². The molecule has 1 fully saturated rings. The molecule has 1 aromatic rings. The summed E-state index contributed by atoms with van der Waals surface area (Å²) in [4.78, 5) is 35.6. The molecule has 118 valence electrons. The van der Waals surface area contributed by atoms with Gasteiger partial charge in [-0.05, 0) is 30.0 Å². The molecule has 1 aliphatic rings. The van der Waals surface area contributed by atoms with Crippen LogP contribution in [-0.2, 0) is 25.7 Å². The normalized spacial score (nSPS) is 17.2. The van der Waals surface area contributed by atoms with Crippen LogP contribution in [0.15, 0.2) is 30.3 Å². The molecule has 0 aliphatic carbocycles. The summed E-state index contributed by atoms with van der Waals surface area (Å²) < 4.78 is 10.1. The van der Waals surface area contributed by atoms with Gasteiger partial charge in [0.05, 0.1) is 0 Å². The van der Waals surface area contributed by atoms with Gasteiger partial charge in [-0.2, -0.15) is 0 Å². The van der Waals surface area contributed by atoms with Crippen LogP contribution in [0.25, 0.3) is 0 Å². The van der Waals surface area contributed by atoms with E-state index in [1.54, 1.807) is 0 Å². The summed E-state index contributed by atoms with van der Waals surface area (Å²) in [7, 11) is 0. The molecule has 0 unspecified atom stereocenters. The van der Waals surface area contributed by atoms with Crippen molar-refractivity contribution in [1.82, 2.24) is 4.90 Å². The number of hydrogen-bond donors (Lipinski definition) is 0.